The van der Waals surface area contributed by atoms with E-state index in [1.165, 1.54) is 48.0 Å². The molecule has 0 spiro atoms. The first kappa shape index (κ1) is 26.4. The smallest absolute Gasteiger partial charge is 0.337 e. The predicted octanol–water partition coefficient (Wildman–Crippen LogP) is 2.95. The van der Waals surface area contributed by atoms with E-state index in [0.29, 0.717) is 18.4 Å². The molecule has 2 N–H and O–H groups in total. The first-order valence-electron chi connectivity index (χ1n) is 12.1. The third-order valence-corrected chi connectivity index (χ3v) is 7.06. The second kappa shape index (κ2) is 9.80. The maximum absolute atomic E-state index is 14.9. The minimum atomic E-state index is -3.63. The number of halogens is 2. The highest BCUT2D eigenvalue weighted by Gasteiger charge is 2.31. The summed E-state index contributed by atoms with van der Waals surface area (Å²) < 4.78 is 57.0. The van der Waals surface area contributed by atoms with E-state index in [-0.39, 0.29) is 46.2 Å². The third kappa shape index (κ3) is 5.09. The van der Waals surface area contributed by atoms with Crippen molar-refractivity contribution < 1.29 is 17.2 Å². The van der Waals surface area contributed by atoms with E-state index in [2.05, 4.69) is 10.0 Å². The van der Waals surface area contributed by atoms with Crippen molar-refractivity contribution in [1.29, 1.82) is 0 Å². The summed E-state index contributed by atoms with van der Waals surface area (Å²) in [4.78, 5) is 40.5. The van der Waals surface area contributed by atoms with E-state index < -0.39 is 39.3 Å². The molecule has 5 rings (SSSR count). The number of pyridine rings is 1. The zero-order chi connectivity index (χ0) is 28.1. The number of sulfonamides is 1. The minimum Gasteiger partial charge on any atom is -0.352 e. The van der Waals surface area contributed by atoms with Gasteiger partial charge >= 0.3 is 5.69 Å². The van der Waals surface area contributed by atoms with Crippen LogP contribution in [0.15, 0.2) is 62.9 Å². The molecule has 1 fully saturated rings. The monoisotopic (exact) mass is 557 g/mol. The van der Waals surface area contributed by atoms with Gasteiger partial charge in [-0.05, 0) is 48.7 Å². The van der Waals surface area contributed by atoms with Crippen molar-refractivity contribution in [1.82, 2.24) is 13.7 Å². The molecule has 0 amide bonds. The van der Waals surface area contributed by atoms with Crippen molar-refractivity contribution in [3.8, 4) is 5.69 Å². The number of rotatable bonds is 8. The Bertz CT molecular complexity index is 1910. The Hall–Kier alpha value is -4.26. The second-order valence-electron chi connectivity index (χ2n) is 9.48. The number of nitrogens with one attached hydrogen (secondary N) is 2. The van der Waals surface area contributed by atoms with Crippen LogP contribution in [0.5, 0.6) is 0 Å². The number of nitrogens with zero attached hydrogens (tertiary/aromatic N) is 3. The van der Waals surface area contributed by atoms with Crippen molar-refractivity contribution in [2.24, 2.45) is 7.05 Å². The molecule has 0 unspecified atom stereocenters. The maximum Gasteiger partial charge on any atom is 0.337 e. The third-order valence-electron chi connectivity index (χ3n) is 6.46. The quantitative estimate of drug-likeness (QED) is 0.343. The van der Waals surface area contributed by atoms with Crippen LogP contribution in [-0.2, 0) is 23.5 Å². The standard InChI is InChI=1S/C26H25F2N5O5S/c1-31-22(34)14-21(29-20-9-6-15(10-11-27)12-19(20)28)23-24(31)32(26(36)33(25(23)35)17-7-8-17)18-5-3-4-16(13-18)30-39(2,37)38/h3-6,9,12-14,17,29-30H,7-8,10-11H2,1-2H3. The molecule has 2 aromatic heterocycles. The molecular formula is C26H25F2N5O5S. The van der Waals surface area contributed by atoms with Crippen LogP contribution in [-0.4, -0.2) is 35.0 Å². The highest BCUT2D eigenvalue weighted by atomic mass is 32.2. The van der Waals surface area contributed by atoms with Gasteiger partial charge in [0.25, 0.3) is 11.1 Å². The summed E-state index contributed by atoms with van der Waals surface area (Å²) in [5.74, 6) is -0.704. The Kier molecular flexibility index (Phi) is 6.62. The van der Waals surface area contributed by atoms with Crippen LogP contribution in [0.4, 0.5) is 25.8 Å². The fourth-order valence-electron chi connectivity index (χ4n) is 4.54. The zero-order valence-electron chi connectivity index (χ0n) is 21.1. The van der Waals surface area contributed by atoms with Crippen LogP contribution < -0.4 is 26.8 Å². The summed E-state index contributed by atoms with van der Waals surface area (Å²) in [7, 11) is -2.23. The molecule has 39 heavy (non-hydrogen) atoms. The molecule has 10 nitrogen and oxygen atoms in total. The van der Waals surface area contributed by atoms with E-state index in [1.54, 1.807) is 6.07 Å². The molecule has 0 aliphatic heterocycles. The number of anilines is 3. The van der Waals surface area contributed by atoms with Gasteiger partial charge in [-0.15, -0.1) is 0 Å². The zero-order valence-corrected chi connectivity index (χ0v) is 21.9. The van der Waals surface area contributed by atoms with Crippen molar-refractivity contribution in [2.45, 2.75) is 25.3 Å². The van der Waals surface area contributed by atoms with Crippen LogP contribution in [0.1, 0.15) is 24.4 Å². The number of fused-ring (bicyclic) bond motifs is 1. The van der Waals surface area contributed by atoms with Gasteiger partial charge in [0.1, 0.15) is 16.9 Å². The van der Waals surface area contributed by atoms with Gasteiger partial charge in [0.15, 0.2) is 0 Å². The van der Waals surface area contributed by atoms with Gasteiger partial charge in [-0.25, -0.2) is 22.2 Å². The largest absolute Gasteiger partial charge is 0.352 e. The molecule has 0 radical (unpaired) electrons. The lowest BCUT2D eigenvalue weighted by atomic mass is 10.1. The van der Waals surface area contributed by atoms with Gasteiger partial charge in [-0.3, -0.25) is 27.8 Å². The number of hydrogen-bond acceptors (Lipinski definition) is 6. The van der Waals surface area contributed by atoms with Gasteiger partial charge in [0.2, 0.25) is 10.0 Å². The van der Waals surface area contributed by atoms with Crippen LogP contribution in [0, 0.1) is 5.82 Å². The Balaban J connectivity index is 1.80. The van der Waals surface area contributed by atoms with Crippen molar-refractivity contribution in [3.63, 3.8) is 0 Å². The molecule has 1 saturated carbocycles. The molecule has 4 aromatic rings. The van der Waals surface area contributed by atoms with E-state index >= 15 is 0 Å². The Labute approximate surface area is 221 Å². The summed E-state index contributed by atoms with van der Waals surface area (Å²) in [5.41, 5.74) is -1.19. The molecule has 204 valence electrons. The highest BCUT2D eigenvalue weighted by molar-refractivity contribution is 7.92. The predicted molar refractivity (Wildman–Crippen MR) is 145 cm³/mol. The fourth-order valence-corrected chi connectivity index (χ4v) is 5.10. The van der Waals surface area contributed by atoms with Crippen molar-refractivity contribution in [3.05, 3.63) is 91.1 Å². The van der Waals surface area contributed by atoms with Crippen LogP contribution in [0.2, 0.25) is 0 Å². The highest BCUT2D eigenvalue weighted by Crippen LogP contribution is 2.34. The summed E-state index contributed by atoms with van der Waals surface area (Å²) in [5, 5.41) is 2.79. The summed E-state index contributed by atoms with van der Waals surface area (Å²) >= 11 is 0. The lowest BCUT2D eigenvalue weighted by Crippen LogP contribution is -2.41. The topological polar surface area (TPSA) is 124 Å². The number of hydrogen-bond donors (Lipinski definition) is 2. The normalized spacial score (nSPS) is 13.5. The van der Waals surface area contributed by atoms with E-state index in [4.69, 9.17) is 0 Å². The SMILES string of the molecule is Cn1c(=O)cc(Nc2ccc(CCF)cc2F)c2c(=O)n(C3CC3)c(=O)n(-c3cccc(NS(C)(=O)=O)c3)c21. The lowest BCUT2D eigenvalue weighted by molar-refractivity contribution is 0.494. The molecule has 0 atom stereocenters. The average Bonchev–Trinajstić information content (AvgIpc) is 3.68. The van der Waals surface area contributed by atoms with Gasteiger partial charge in [-0.1, -0.05) is 12.1 Å². The van der Waals surface area contributed by atoms with Gasteiger partial charge in [-0.2, -0.15) is 0 Å². The first-order valence-corrected chi connectivity index (χ1v) is 14.0. The summed E-state index contributed by atoms with van der Waals surface area (Å²) in [6, 6.07) is 10.9. The van der Waals surface area contributed by atoms with E-state index in [1.807, 2.05) is 0 Å². The molecule has 1 aliphatic rings. The van der Waals surface area contributed by atoms with Crippen LogP contribution in [0.3, 0.4) is 0 Å². The molecule has 0 bridgehead atoms. The van der Waals surface area contributed by atoms with Crippen LogP contribution in [0.25, 0.3) is 16.7 Å². The van der Waals surface area contributed by atoms with Gasteiger partial charge in [0, 0.05) is 25.6 Å². The average molecular weight is 558 g/mol. The Morgan fingerprint density at radius 2 is 1.77 bits per heavy atom. The molecular weight excluding hydrogens is 532 g/mol. The number of aromatic nitrogens is 3. The van der Waals surface area contributed by atoms with E-state index in [0.717, 1.165) is 21.5 Å². The van der Waals surface area contributed by atoms with Gasteiger partial charge < -0.3 is 5.32 Å². The van der Waals surface area contributed by atoms with Crippen molar-refractivity contribution in [2.75, 3.05) is 23.0 Å². The Morgan fingerprint density at radius 1 is 1.03 bits per heavy atom. The Morgan fingerprint density at radius 3 is 2.41 bits per heavy atom. The second-order valence-corrected chi connectivity index (χ2v) is 11.2. The number of benzene rings is 2. The molecule has 2 aromatic carbocycles. The van der Waals surface area contributed by atoms with Gasteiger partial charge in [0.05, 0.1) is 35.7 Å². The number of alkyl halides is 1. The minimum absolute atomic E-state index is 0.0104. The summed E-state index contributed by atoms with van der Waals surface area (Å²) in [6.45, 7) is -0.648. The number of aryl methyl sites for hydroxylation is 2. The lowest BCUT2D eigenvalue weighted by Gasteiger charge is -2.19. The summed E-state index contributed by atoms with van der Waals surface area (Å²) in [6.07, 6.45) is 2.24. The molecule has 13 heteroatoms. The fraction of sp³-hybridized carbons (Fsp3) is 0.269. The van der Waals surface area contributed by atoms with E-state index in [9.17, 15) is 31.6 Å². The van der Waals surface area contributed by atoms with Crippen molar-refractivity contribution >= 4 is 38.1 Å². The van der Waals surface area contributed by atoms with Crippen LogP contribution >= 0.6 is 0 Å². The molecule has 0 saturated heterocycles. The molecule has 1 aliphatic carbocycles. The maximum atomic E-state index is 14.9. The molecule has 2 heterocycles. The first-order chi connectivity index (χ1) is 18.5.